The van der Waals surface area contributed by atoms with Crippen molar-refractivity contribution in [2.75, 3.05) is 39.4 Å². The van der Waals surface area contributed by atoms with Crippen molar-refractivity contribution in [3.63, 3.8) is 0 Å². The first-order chi connectivity index (χ1) is 37.1. The molecule has 2 aliphatic carbocycles. The van der Waals surface area contributed by atoms with Crippen molar-refractivity contribution in [3.8, 4) is 16.1 Å². The van der Waals surface area contributed by atoms with Crippen molar-refractivity contribution >= 4 is 51.6 Å². The highest BCUT2D eigenvalue weighted by Gasteiger charge is 2.48. The van der Waals surface area contributed by atoms with Crippen LogP contribution in [0.25, 0.3) is 27.0 Å². The first kappa shape index (κ1) is 53.2. The fourth-order valence-electron chi connectivity index (χ4n) is 13.6. The summed E-state index contributed by atoms with van der Waals surface area (Å²) in [6.45, 7) is 10.4. The number of piperidine rings is 1. The smallest absolute Gasteiger partial charge is 0.329 e. The molecule has 77 heavy (non-hydrogen) atoms. The number of halogens is 1. The van der Waals surface area contributed by atoms with Crippen LogP contribution in [0.15, 0.2) is 77.2 Å². The Morgan fingerprint density at radius 3 is 2.42 bits per heavy atom. The number of carboxylic acid groups (broad SMARTS) is 1. The molecule has 16 nitrogen and oxygen atoms in total. The summed E-state index contributed by atoms with van der Waals surface area (Å²) in [5.41, 5.74) is 8.80. The predicted octanol–water partition coefficient (Wildman–Crippen LogP) is 9.29. The van der Waals surface area contributed by atoms with E-state index in [0.717, 1.165) is 123 Å². The van der Waals surface area contributed by atoms with Gasteiger partial charge in [0.05, 0.1) is 67.6 Å². The van der Waals surface area contributed by atoms with Gasteiger partial charge in [0.1, 0.15) is 24.5 Å². The summed E-state index contributed by atoms with van der Waals surface area (Å²) in [7, 11) is 0. The molecule has 3 aromatic heterocycles. The number of hydrogen-bond acceptors (Lipinski definition) is 12. The van der Waals surface area contributed by atoms with Gasteiger partial charge in [0, 0.05) is 31.6 Å². The molecule has 3 N–H and O–H groups in total. The number of aromatic nitrogens is 6. The minimum atomic E-state index is -1.13. The largest absolute Gasteiger partial charge is 0.480 e. The summed E-state index contributed by atoms with van der Waals surface area (Å²) in [6.07, 6.45) is 12.8. The third kappa shape index (κ3) is 10.5. The van der Waals surface area contributed by atoms with Crippen molar-refractivity contribution in [1.29, 1.82) is 0 Å². The Morgan fingerprint density at radius 2 is 1.71 bits per heavy atom. The number of aliphatic carboxylic acids is 1. The maximum atomic E-state index is 14.8. The minimum Gasteiger partial charge on any atom is -0.480 e. The van der Waals surface area contributed by atoms with Crippen molar-refractivity contribution in [3.05, 3.63) is 122 Å². The molecule has 3 aliphatic heterocycles. The number of hydrogen-bond donors (Lipinski definition) is 3. The van der Waals surface area contributed by atoms with Crippen LogP contribution < -0.4 is 10.9 Å². The summed E-state index contributed by atoms with van der Waals surface area (Å²) in [4.78, 5) is 68.2. The second kappa shape index (κ2) is 21.8. The van der Waals surface area contributed by atoms with Crippen molar-refractivity contribution in [2.24, 2.45) is 11.3 Å². The number of carboxylic acids is 1. The van der Waals surface area contributed by atoms with E-state index in [0.29, 0.717) is 27.8 Å². The normalized spacial score (nSPS) is 22.5. The van der Waals surface area contributed by atoms with Gasteiger partial charge in [0.25, 0.3) is 5.56 Å². The molecule has 3 aromatic carbocycles. The predicted molar refractivity (Wildman–Crippen MR) is 296 cm³/mol. The number of aliphatic hydroxyl groups excluding tert-OH is 1. The second-order valence-electron chi connectivity index (χ2n) is 23.6. The fourth-order valence-corrected chi connectivity index (χ4v) is 14.6. The lowest BCUT2D eigenvalue weighted by atomic mass is 9.69. The lowest BCUT2D eigenvalue weighted by Crippen LogP contribution is -2.51. The maximum absolute atomic E-state index is 14.8. The molecular formula is C59H70ClN9O7S. The zero-order chi connectivity index (χ0) is 53.8. The van der Waals surface area contributed by atoms with Gasteiger partial charge in [-0.15, -0.1) is 16.4 Å². The number of β-amino-alcohol motifs (C(OH)–C–C–N with tert-alkyl or cyclic N) is 1. The van der Waals surface area contributed by atoms with Crippen molar-refractivity contribution in [2.45, 2.75) is 146 Å². The monoisotopic (exact) mass is 1080 g/mol. The molecule has 2 saturated heterocycles. The number of carbonyl (C=O) groups is 3. The number of nitrogens with zero attached hydrogens (tertiary/aromatic N) is 8. The second-order valence-corrected chi connectivity index (χ2v) is 24.8. The quantitative estimate of drug-likeness (QED) is 0.0936. The Balaban J connectivity index is 0.714. The van der Waals surface area contributed by atoms with Crippen LogP contribution in [0.1, 0.15) is 156 Å². The number of aryl methyl sites for hydroxylation is 1. The van der Waals surface area contributed by atoms with Crippen LogP contribution in [-0.2, 0) is 24.5 Å². The van der Waals surface area contributed by atoms with E-state index >= 15 is 0 Å². The number of aliphatic hydroxyl groups is 1. The molecule has 4 fully saturated rings. The number of fused-ring (bicyclic) bond motifs is 7. The number of thiazole rings is 1. The average molecular weight is 1080 g/mol. The van der Waals surface area contributed by atoms with Crippen LogP contribution in [0, 0.1) is 18.3 Å². The van der Waals surface area contributed by atoms with Gasteiger partial charge in [0.15, 0.2) is 0 Å². The first-order valence-corrected chi connectivity index (χ1v) is 28.9. The van der Waals surface area contributed by atoms with Crippen LogP contribution in [0.4, 0.5) is 0 Å². The van der Waals surface area contributed by atoms with E-state index in [2.05, 4.69) is 48.3 Å². The van der Waals surface area contributed by atoms with Crippen molar-refractivity contribution in [1.82, 2.24) is 44.6 Å². The molecule has 1 spiro atoms. The van der Waals surface area contributed by atoms with Gasteiger partial charge in [-0.05, 0) is 129 Å². The van der Waals surface area contributed by atoms with E-state index in [4.69, 9.17) is 21.3 Å². The first-order valence-electron chi connectivity index (χ1n) is 27.7. The Morgan fingerprint density at radius 1 is 0.961 bits per heavy atom. The zero-order valence-corrected chi connectivity index (χ0v) is 46.1. The van der Waals surface area contributed by atoms with Gasteiger partial charge < -0.3 is 30.1 Å². The molecule has 11 rings (SSSR count). The number of carbonyl (C=O) groups excluding carboxylic acids is 2. The number of rotatable bonds is 14. The minimum absolute atomic E-state index is 0.0186. The molecule has 18 heteroatoms. The molecule has 5 aliphatic rings. The van der Waals surface area contributed by atoms with E-state index in [1.54, 1.807) is 16.3 Å². The zero-order valence-electron chi connectivity index (χ0n) is 44.5. The molecule has 0 bridgehead atoms. The summed E-state index contributed by atoms with van der Waals surface area (Å²) < 4.78 is 9.42. The van der Waals surface area contributed by atoms with Gasteiger partial charge in [0.2, 0.25) is 11.8 Å². The highest BCUT2D eigenvalue weighted by atomic mass is 35.5. The van der Waals surface area contributed by atoms with E-state index in [-0.39, 0.29) is 42.4 Å². The molecule has 6 heterocycles. The number of ether oxygens (including phenoxy) is 1. The maximum Gasteiger partial charge on any atom is 0.329 e. The van der Waals surface area contributed by atoms with E-state index in [1.807, 2.05) is 70.3 Å². The summed E-state index contributed by atoms with van der Waals surface area (Å²) in [5, 5.41) is 33.5. The van der Waals surface area contributed by atoms with Crippen LogP contribution in [0.5, 0.6) is 0 Å². The molecule has 6 aromatic rings. The molecule has 2 saturated carbocycles. The van der Waals surface area contributed by atoms with Gasteiger partial charge >= 0.3 is 5.97 Å². The topological polar surface area (TPSA) is 198 Å². The van der Waals surface area contributed by atoms with Crippen LogP contribution in [-0.4, -0.2) is 119 Å². The summed E-state index contributed by atoms with van der Waals surface area (Å²) >= 11 is 8.18. The number of likely N-dealkylation sites (tertiary alicyclic amines) is 2. The molecular weight excluding hydrogens is 1010 g/mol. The average Bonchev–Trinajstić information content (AvgIpc) is 4.41. The lowest BCUT2D eigenvalue weighted by Gasteiger charge is -2.37. The SMILES string of the molecule is Cc1ncsc1-c1ccc(C(COCC(=O)O)NC(=O)[C@@H]2C[C@@H](O)CN2C(=O)[C@@H](n2cc(C3CCC(CN4CCC(c5ccc6c(c5)-n5c(nc(=O)c7c(Cl)cccc75)C65CCCCC5)CC4)CC3)nn2)C(C)(C)C)cc1. The third-order valence-corrected chi connectivity index (χ3v) is 18.8. The van der Waals surface area contributed by atoms with Crippen molar-refractivity contribution < 1.29 is 29.3 Å². The van der Waals surface area contributed by atoms with E-state index < -0.39 is 48.1 Å². The number of benzene rings is 3. The summed E-state index contributed by atoms with van der Waals surface area (Å²) in [6, 6.07) is 17.9. The number of nitrogens with one attached hydrogen (secondary N) is 1. The Labute approximate surface area is 458 Å². The number of amides is 2. The van der Waals surface area contributed by atoms with Gasteiger partial charge in [-0.25, -0.2) is 14.5 Å². The fraction of sp³-hybridized carbons (Fsp3) is 0.525. The highest BCUT2D eigenvalue weighted by Crippen LogP contribution is 2.52. The molecule has 406 valence electrons. The van der Waals surface area contributed by atoms with Gasteiger partial charge in [-0.1, -0.05) is 99.3 Å². The summed E-state index contributed by atoms with van der Waals surface area (Å²) in [5.74, 6) is 0.206. The Kier molecular flexibility index (Phi) is 15.0. The van der Waals surface area contributed by atoms with Crippen LogP contribution >= 0.6 is 22.9 Å². The molecule has 2 amide bonds. The Bertz CT molecular complexity index is 3220. The third-order valence-electron chi connectivity index (χ3n) is 17.5. The van der Waals surface area contributed by atoms with Crippen LogP contribution in [0.3, 0.4) is 0 Å². The van der Waals surface area contributed by atoms with E-state index in [9.17, 15) is 29.4 Å². The molecule has 1 unspecified atom stereocenters. The van der Waals surface area contributed by atoms with E-state index in [1.165, 1.54) is 33.8 Å². The highest BCUT2D eigenvalue weighted by molar-refractivity contribution is 7.13. The Hall–Kier alpha value is -5.85. The van der Waals surface area contributed by atoms with Gasteiger partial charge in [-0.3, -0.25) is 19.0 Å². The standard InChI is InChI=1S/C59H70ClN9O7S/c1-35-52(77-34-61-35)40-17-15-39(16-18-40)46(32-76-33-50(71)72)62-54(73)49-28-42(70)30-67(49)56(75)53(58(2,3)4)68-31-45(64-65-68)38-13-11-36(12-14-38)29-66-25-21-37(22-26-66)41-19-20-43-48(27-41)69-47-10-8-9-44(60)51(47)55(74)63-57(69)59(43)23-6-5-7-24-59/h8-10,15-20,27,31,34,36-38,42,46,49,53,70H,5-7,11-14,21-26,28-30,32-33H2,1-4H3,(H,62,73)(H,71,72)/t36?,38?,42-,46?,49+,53-/m1/s1. The van der Waals surface area contributed by atoms with Gasteiger partial charge in [-0.2, -0.15) is 4.98 Å². The molecule has 0 radical (unpaired) electrons. The molecule has 4 atom stereocenters. The lowest BCUT2D eigenvalue weighted by molar-refractivity contribution is -0.145. The van der Waals surface area contributed by atoms with Crippen LogP contribution in [0.2, 0.25) is 5.02 Å².